The van der Waals surface area contributed by atoms with Gasteiger partial charge in [-0.1, -0.05) is 18.2 Å². The number of nitrogens with two attached hydrogens (primary N) is 1. The van der Waals surface area contributed by atoms with Crippen LogP contribution in [0.25, 0.3) is 0 Å². The molecule has 2 aliphatic rings. The Morgan fingerprint density at radius 1 is 1.18 bits per heavy atom. The Kier molecular flexibility index (Phi) is 2.83. The first-order chi connectivity index (χ1) is 8.31. The number of hydrogen-bond acceptors (Lipinski definition) is 2. The highest BCUT2D eigenvalue weighted by Crippen LogP contribution is 2.60. The summed E-state index contributed by atoms with van der Waals surface area (Å²) >= 11 is 0. The first kappa shape index (κ1) is 11.1. The smallest absolute Gasteiger partial charge is 0.119 e. The fourth-order valence-electron chi connectivity index (χ4n) is 3.38. The molecule has 17 heavy (non-hydrogen) atoms. The first-order valence-corrected chi connectivity index (χ1v) is 6.69. The molecule has 2 fully saturated rings. The molecular formula is C15H21NO. The lowest BCUT2D eigenvalue weighted by Gasteiger charge is -2.29. The Bertz CT molecular complexity index is 366. The largest absolute Gasteiger partial charge is 0.494 e. The van der Waals surface area contributed by atoms with Gasteiger partial charge < -0.3 is 10.5 Å². The van der Waals surface area contributed by atoms with Crippen LogP contribution >= 0.6 is 0 Å². The van der Waals surface area contributed by atoms with Gasteiger partial charge in [-0.2, -0.15) is 0 Å². The zero-order valence-electron chi connectivity index (χ0n) is 10.3. The molecule has 0 amide bonds. The number of para-hydroxylation sites is 1. The van der Waals surface area contributed by atoms with Gasteiger partial charge in [-0.25, -0.2) is 0 Å². The second-order valence-corrected chi connectivity index (χ2v) is 5.78. The molecule has 2 atom stereocenters. The van der Waals surface area contributed by atoms with Crippen molar-refractivity contribution in [2.24, 2.45) is 23.0 Å². The maximum atomic E-state index is 5.98. The number of ether oxygens (including phenoxy) is 1. The zero-order chi connectivity index (χ0) is 11.7. The van der Waals surface area contributed by atoms with Gasteiger partial charge >= 0.3 is 0 Å². The summed E-state index contributed by atoms with van der Waals surface area (Å²) in [7, 11) is 0. The van der Waals surface area contributed by atoms with Crippen molar-refractivity contribution in [1.29, 1.82) is 0 Å². The molecule has 2 saturated carbocycles. The molecule has 1 aromatic carbocycles. The molecular weight excluding hydrogens is 210 g/mol. The highest BCUT2D eigenvalue weighted by Gasteiger charge is 2.52. The minimum absolute atomic E-state index is 0.391. The maximum Gasteiger partial charge on any atom is 0.119 e. The monoisotopic (exact) mass is 231 g/mol. The van der Waals surface area contributed by atoms with Crippen LogP contribution in [-0.4, -0.2) is 13.2 Å². The van der Waals surface area contributed by atoms with Crippen molar-refractivity contribution in [1.82, 2.24) is 0 Å². The van der Waals surface area contributed by atoms with Crippen LogP contribution < -0.4 is 10.5 Å². The minimum atomic E-state index is 0.391. The van der Waals surface area contributed by atoms with Crippen molar-refractivity contribution in [2.45, 2.75) is 25.7 Å². The lowest BCUT2D eigenvalue weighted by atomic mass is 9.80. The van der Waals surface area contributed by atoms with Crippen LogP contribution in [0.3, 0.4) is 0 Å². The molecule has 2 aliphatic carbocycles. The summed E-state index contributed by atoms with van der Waals surface area (Å²) in [5.41, 5.74) is 6.37. The van der Waals surface area contributed by atoms with Gasteiger partial charge in [-0.05, 0) is 61.6 Å². The molecule has 3 rings (SSSR count). The van der Waals surface area contributed by atoms with Crippen LogP contribution in [0.2, 0.25) is 0 Å². The topological polar surface area (TPSA) is 35.2 Å². The molecule has 2 N–H and O–H groups in total. The Morgan fingerprint density at radius 2 is 1.88 bits per heavy atom. The summed E-state index contributed by atoms with van der Waals surface area (Å²) in [5.74, 6) is 2.97. The van der Waals surface area contributed by atoms with Gasteiger partial charge in [0.2, 0.25) is 0 Å². The van der Waals surface area contributed by atoms with Crippen LogP contribution in [0.5, 0.6) is 5.75 Å². The molecule has 1 aromatic rings. The van der Waals surface area contributed by atoms with E-state index in [4.69, 9.17) is 10.5 Å². The molecule has 0 radical (unpaired) electrons. The van der Waals surface area contributed by atoms with Crippen LogP contribution in [0.1, 0.15) is 25.7 Å². The van der Waals surface area contributed by atoms with E-state index < -0.39 is 0 Å². The fourth-order valence-corrected chi connectivity index (χ4v) is 3.38. The van der Waals surface area contributed by atoms with Crippen molar-refractivity contribution in [3.8, 4) is 5.75 Å². The van der Waals surface area contributed by atoms with E-state index in [1.54, 1.807) is 0 Å². The third kappa shape index (κ3) is 2.32. The van der Waals surface area contributed by atoms with Crippen molar-refractivity contribution in [3.05, 3.63) is 30.3 Å². The summed E-state index contributed by atoms with van der Waals surface area (Å²) in [4.78, 5) is 0. The average Bonchev–Trinajstić information content (AvgIpc) is 2.99. The molecule has 92 valence electrons. The zero-order valence-corrected chi connectivity index (χ0v) is 10.3. The molecule has 0 aromatic heterocycles. The minimum Gasteiger partial charge on any atom is -0.494 e. The number of rotatable bonds is 5. The molecule has 0 saturated heterocycles. The summed E-state index contributed by atoms with van der Waals surface area (Å²) in [6.45, 7) is 1.64. The van der Waals surface area contributed by atoms with Crippen LogP contribution in [-0.2, 0) is 0 Å². The van der Waals surface area contributed by atoms with Crippen LogP contribution in [0.15, 0.2) is 30.3 Å². The van der Waals surface area contributed by atoms with Gasteiger partial charge in [0.25, 0.3) is 0 Å². The van der Waals surface area contributed by atoms with Crippen molar-refractivity contribution >= 4 is 0 Å². The van der Waals surface area contributed by atoms with Crippen molar-refractivity contribution in [2.75, 3.05) is 13.2 Å². The van der Waals surface area contributed by atoms with Gasteiger partial charge in [0.15, 0.2) is 0 Å². The van der Waals surface area contributed by atoms with Crippen molar-refractivity contribution < 1.29 is 4.74 Å². The summed E-state index contributed by atoms with van der Waals surface area (Å²) in [5, 5.41) is 0. The summed E-state index contributed by atoms with van der Waals surface area (Å²) < 4.78 is 5.79. The molecule has 0 heterocycles. The standard InChI is InChI=1S/C15H21NO/c16-11-15(9-12-8-13(12)10-15)6-7-17-14-4-2-1-3-5-14/h1-5,12-13H,6-11,16H2. The maximum absolute atomic E-state index is 5.98. The summed E-state index contributed by atoms with van der Waals surface area (Å²) in [6.07, 6.45) is 5.26. The third-order valence-electron chi connectivity index (χ3n) is 4.54. The number of hydrogen-bond donors (Lipinski definition) is 1. The lowest BCUT2D eigenvalue weighted by molar-refractivity contribution is 0.189. The van der Waals surface area contributed by atoms with E-state index in [0.29, 0.717) is 5.41 Å². The Labute approximate surface area is 103 Å². The molecule has 0 spiro atoms. The first-order valence-electron chi connectivity index (χ1n) is 6.69. The van der Waals surface area contributed by atoms with E-state index in [9.17, 15) is 0 Å². The van der Waals surface area contributed by atoms with Crippen molar-refractivity contribution in [3.63, 3.8) is 0 Å². The second-order valence-electron chi connectivity index (χ2n) is 5.78. The molecule has 2 unspecified atom stereocenters. The van der Waals surface area contributed by atoms with Gasteiger partial charge in [-0.15, -0.1) is 0 Å². The number of benzene rings is 1. The van der Waals surface area contributed by atoms with E-state index in [1.165, 1.54) is 19.3 Å². The predicted molar refractivity (Wildman–Crippen MR) is 68.9 cm³/mol. The van der Waals surface area contributed by atoms with Gasteiger partial charge in [0.05, 0.1) is 6.61 Å². The Morgan fingerprint density at radius 3 is 2.53 bits per heavy atom. The molecule has 2 nitrogen and oxygen atoms in total. The van der Waals surface area contributed by atoms with Gasteiger partial charge in [-0.3, -0.25) is 0 Å². The lowest BCUT2D eigenvalue weighted by Crippen LogP contribution is -2.30. The van der Waals surface area contributed by atoms with E-state index in [-0.39, 0.29) is 0 Å². The van der Waals surface area contributed by atoms with Crippen LogP contribution in [0.4, 0.5) is 0 Å². The fraction of sp³-hybridized carbons (Fsp3) is 0.600. The molecule has 0 aliphatic heterocycles. The highest BCUT2D eigenvalue weighted by atomic mass is 16.5. The van der Waals surface area contributed by atoms with Crippen LogP contribution in [0, 0.1) is 17.3 Å². The quantitative estimate of drug-likeness (QED) is 0.845. The average molecular weight is 231 g/mol. The van der Waals surface area contributed by atoms with E-state index in [2.05, 4.69) is 0 Å². The van der Waals surface area contributed by atoms with E-state index in [1.807, 2.05) is 30.3 Å². The van der Waals surface area contributed by atoms with Gasteiger partial charge in [0.1, 0.15) is 5.75 Å². The predicted octanol–water partition coefficient (Wildman–Crippen LogP) is 2.83. The second kappa shape index (κ2) is 4.34. The van der Waals surface area contributed by atoms with E-state index in [0.717, 1.165) is 37.2 Å². The van der Waals surface area contributed by atoms with Gasteiger partial charge in [0, 0.05) is 0 Å². The third-order valence-corrected chi connectivity index (χ3v) is 4.54. The normalized spacial score (nSPS) is 34.4. The SMILES string of the molecule is NCC1(CCOc2ccccc2)CC2CC2C1. The Hall–Kier alpha value is -1.02. The molecule has 2 heteroatoms. The summed E-state index contributed by atoms with van der Waals surface area (Å²) in [6, 6.07) is 10.1. The number of fused-ring (bicyclic) bond motifs is 1. The molecule has 0 bridgehead atoms. The Balaban J connectivity index is 1.50. The highest BCUT2D eigenvalue weighted by molar-refractivity contribution is 5.20. The van der Waals surface area contributed by atoms with E-state index >= 15 is 0 Å².